The topological polar surface area (TPSA) is 121 Å². The average Bonchev–Trinajstić information content (AvgIpc) is 3.21. The van der Waals surface area contributed by atoms with Crippen molar-refractivity contribution in [2.75, 3.05) is 46.9 Å². The Morgan fingerprint density at radius 2 is 1.35 bits per heavy atom. The van der Waals surface area contributed by atoms with E-state index in [1.165, 1.54) is 0 Å². The van der Waals surface area contributed by atoms with E-state index < -0.39 is 5.60 Å². The third-order valence-electron chi connectivity index (χ3n) is 9.99. The van der Waals surface area contributed by atoms with Gasteiger partial charge in [0.15, 0.2) is 0 Å². The molecule has 6 rings (SSSR count). The van der Waals surface area contributed by atoms with Crippen LogP contribution in [-0.4, -0.2) is 94.9 Å². The largest absolute Gasteiger partial charge is 0.497 e. The Kier molecular flexibility index (Phi) is 13.3. The number of unbranched alkanes of at least 4 members (excludes halogenated alkanes) is 1. The van der Waals surface area contributed by atoms with Crippen LogP contribution in [0.25, 0.3) is 0 Å². The van der Waals surface area contributed by atoms with E-state index in [1.807, 2.05) is 69.4 Å². The van der Waals surface area contributed by atoms with Crippen molar-refractivity contribution in [3.05, 3.63) is 129 Å². The molecule has 57 heavy (non-hydrogen) atoms. The number of amides is 2. The van der Waals surface area contributed by atoms with Crippen molar-refractivity contribution in [3.63, 3.8) is 0 Å². The summed E-state index contributed by atoms with van der Waals surface area (Å²) in [4.78, 5) is 48.4. The number of piperazine rings is 1. The monoisotopic (exact) mass is 777 g/mol. The summed E-state index contributed by atoms with van der Waals surface area (Å²) in [7, 11) is 3.32. The molecule has 1 saturated heterocycles. The van der Waals surface area contributed by atoms with Crippen LogP contribution >= 0.6 is 0 Å². The number of ether oxygens (including phenoxy) is 3. The highest BCUT2D eigenvalue weighted by Gasteiger charge is 2.30. The lowest BCUT2D eigenvalue weighted by Crippen LogP contribution is -2.56. The predicted molar refractivity (Wildman–Crippen MR) is 220 cm³/mol. The maximum Gasteiger partial charge on any atom is 0.410 e. The van der Waals surface area contributed by atoms with Crippen molar-refractivity contribution < 1.29 is 23.8 Å². The number of rotatable bonds is 13. The molecule has 3 aromatic carbocycles. The van der Waals surface area contributed by atoms with Crippen LogP contribution in [0.15, 0.2) is 94.8 Å². The first-order valence-corrected chi connectivity index (χ1v) is 19.6. The van der Waals surface area contributed by atoms with Crippen LogP contribution in [-0.2, 0) is 30.9 Å². The van der Waals surface area contributed by atoms with E-state index in [4.69, 9.17) is 19.2 Å². The zero-order valence-corrected chi connectivity index (χ0v) is 34.0. The minimum absolute atomic E-state index is 0.0899. The summed E-state index contributed by atoms with van der Waals surface area (Å²) in [5, 5.41) is 4.27. The van der Waals surface area contributed by atoms with Gasteiger partial charge in [-0.2, -0.15) is 0 Å². The first-order valence-electron chi connectivity index (χ1n) is 19.6. The Hall–Kier alpha value is -5.66. The quantitative estimate of drug-likeness (QED) is 0.161. The van der Waals surface area contributed by atoms with Gasteiger partial charge in [-0.3, -0.25) is 20.0 Å². The number of hydrogen-bond donors (Lipinski definition) is 1. The number of hydrazine groups is 2. The number of carbonyl (C=O) groups excluding carboxylic acids is 2. The number of amidine groups is 1. The van der Waals surface area contributed by atoms with Crippen LogP contribution in [0, 0.1) is 0 Å². The van der Waals surface area contributed by atoms with E-state index in [2.05, 4.69) is 46.7 Å². The van der Waals surface area contributed by atoms with Gasteiger partial charge in [-0.1, -0.05) is 49.7 Å². The van der Waals surface area contributed by atoms with Gasteiger partial charge in [0.25, 0.3) is 11.5 Å². The summed E-state index contributed by atoms with van der Waals surface area (Å²) >= 11 is 0. The lowest BCUT2D eigenvalue weighted by molar-refractivity contribution is -0.0769. The second-order valence-electron chi connectivity index (χ2n) is 15.4. The maximum absolute atomic E-state index is 14.3. The number of aromatic nitrogens is 1. The second kappa shape index (κ2) is 18.5. The van der Waals surface area contributed by atoms with Gasteiger partial charge in [0, 0.05) is 57.6 Å². The molecule has 302 valence electrons. The van der Waals surface area contributed by atoms with Gasteiger partial charge in [0.1, 0.15) is 22.9 Å². The molecular formula is C44H55N7O6. The molecule has 2 aliphatic heterocycles. The molecule has 0 aliphatic carbocycles. The van der Waals surface area contributed by atoms with E-state index in [9.17, 15) is 14.4 Å². The lowest BCUT2D eigenvalue weighted by Gasteiger charge is -2.39. The highest BCUT2D eigenvalue weighted by Crippen LogP contribution is 2.23. The normalized spacial score (nSPS) is 15.3. The zero-order chi connectivity index (χ0) is 40.5. The van der Waals surface area contributed by atoms with Gasteiger partial charge in [-0.15, -0.1) is 5.12 Å². The molecule has 1 N–H and O–H groups in total. The van der Waals surface area contributed by atoms with Gasteiger partial charge < -0.3 is 28.6 Å². The number of fused-ring (bicyclic) bond motifs is 1. The molecule has 2 amide bonds. The van der Waals surface area contributed by atoms with Gasteiger partial charge >= 0.3 is 6.09 Å². The molecule has 13 nitrogen and oxygen atoms in total. The van der Waals surface area contributed by atoms with Crippen LogP contribution in [0.4, 0.5) is 4.79 Å². The molecular weight excluding hydrogens is 723 g/mol. The Morgan fingerprint density at radius 1 is 0.789 bits per heavy atom. The van der Waals surface area contributed by atoms with E-state index in [-0.39, 0.29) is 17.6 Å². The molecule has 4 aromatic rings. The van der Waals surface area contributed by atoms with Crippen molar-refractivity contribution in [2.24, 2.45) is 4.99 Å². The number of benzene rings is 3. The highest BCUT2D eigenvalue weighted by atomic mass is 16.6. The number of nitrogens with one attached hydrogen (secondary N) is 1. The molecule has 1 aromatic heterocycles. The summed E-state index contributed by atoms with van der Waals surface area (Å²) < 4.78 is 18.0. The smallest absolute Gasteiger partial charge is 0.410 e. The first-order chi connectivity index (χ1) is 27.4. The van der Waals surface area contributed by atoms with E-state index in [0.717, 1.165) is 46.6 Å². The molecule has 3 heterocycles. The fraction of sp³-hybridized carbons (Fsp3) is 0.409. The maximum atomic E-state index is 14.3. The molecule has 1 fully saturated rings. The number of aliphatic imine (C=N–C) groups is 1. The molecule has 0 unspecified atom stereocenters. The molecule has 0 saturated carbocycles. The Morgan fingerprint density at radius 3 is 1.89 bits per heavy atom. The lowest BCUT2D eigenvalue weighted by atomic mass is 10.1. The minimum atomic E-state index is -0.571. The Labute approximate surface area is 335 Å². The minimum Gasteiger partial charge on any atom is -0.497 e. The highest BCUT2D eigenvalue weighted by molar-refractivity contribution is 6.00. The molecule has 0 atom stereocenters. The van der Waals surface area contributed by atoms with Crippen LogP contribution < -0.4 is 20.5 Å². The average molecular weight is 778 g/mol. The van der Waals surface area contributed by atoms with E-state index >= 15 is 0 Å². The van der Waals surface area contributed by atoms with Gasteiger partial charge in [-0.05, 0) is 91.9 Å². The van der Waals surface area contributed by atoms with Crippen LogP contribution in [0.2, 0.25) is 0 Å². The molecule has 0 bridgehead atoms. The number of hydrogen-bond acceptors (Lipinski definition) is 9. The van der Waals surface area contributed by atoms with Crippen molar-refractivity contribution in [1.29, 1.82) is 0 Å². The molecule has 0 spiro atoms. The number of carbonyl (C=O) groups is 2. The van der Waals surface area contributed by atoms with Crippen LogP contribution in [0.1, 0.15) is 78.7 Å². The van der Waals surface area contributed by atoms with Crippen LogP contribution in [0.3, 0.4) is 0 Å². The molecule has 13 heteroatoms. The van der Waals surface area contributed by atoms with Crippen LogP contribution in [0.5, 0.6) is 11.5 Å². The summed E-state index contributed by atoms with van der Waals surface area (Å²) in [6.45, 7) is 11.9. The fourth-order valence-corrected chi connectivity index (χ4v) is 6.80. The van der Waals surface area contributed by atoms with E-state index in [1.54, 1.807) is 40.7 Å². The van der Waals surface area contributed by atoms with Crippen molar-refractivity contribution in [2.45, 2.75) is 72.3 Å². The summed E-state index contributed by atoms with van der Waals surface area (Å²) in [5.74, 6) is 2.05. The SMILES string of the molecule is CCCCN=C1NN(N(Cc2ccc(OC)cc2)Cc2ccc(OC)cc2)Cc2ccn(Cc3ccc(C(=O)N4CCN(C(=O)OC(C)(C)C)CC4)cc3)c(=O)c21. The fourth-order valence-electron chi connectivity index (χ4n) is 6.80. The summed E-state index contributed by atoms with van der Waals surface area (Å²) in [6.07, 6.45) is 3.36. The summed E-state index contributed by atoms with van der Waals surface area (Å²) in [5.41, 5.74) is 7.94. The van der Waals surface area contributed by atoms with Gasteiger partial charge in [0.2, 0.25) is 0 Å². The number of methoxy groups -OCH3 is 2. The second-order valence-corrected chi connectivity index (χ2v) is 15.4. The third-order valence-corrected chi connectivity index (χ3v) is 9.99. The Balaban J connectivity index is 1.19. The standard InChI is InChI=1S/C44H55N7O6/c1-7-8-22-45-40-39-36(31-51(46-40)50(29-33-11-17-37(55-5)18-12-33)30-34-13-19-38(56-6)20-14-34)21-23-49(42(39)53)28-32-9-15-35(16-10-32)41(52)47-24-26-48(27-25-47)43(54)57-44(2,3)4/h9-21,23H,7-8,22,24-31H2,1-6H3,(H,45,46). The first kappa shape index (κ1) is 41.0. The molecule has 2 aliphatic rings. The van der Waals surface area contributed by atoms with Crippen molar-refractivity contribution in [1.82, 2.24) is 29.9 Å². The van der Waals surface area contributed by atoms with E-state index in [0.29, 0.717) is 75.9 Å². The number of nitrogens with zero attached hydrogens (tertiary/aromatic N) is 6. The Bertz CT molecular complexity index is 2020. The van der Waals surface area contributed by atoms with Crippen molar-refractivity contribution >= 4 is 17.8 Å². The zero-order valence-electron chi connectivity index (χ0n) is 34.0. The summed E-state index contributed by atoms with van der Waals surface area (Å²) in [6, 6.07) is 25.5. The predicted octanol–water partition coefficient (Wildman–Crippen LogP) is 6.09. The number of pyridine rings is 1. The van der Waals surface area contributed by atoms with Gasteiger partial charge in [0.05, 0.1) is 32.9 Å². The third kappa shape index (κ3) is 10.6. The van der Waals surface area contributed by atoms with Gasteiger partial charge in [-0.25, -0.2) is 9.80 Å². The molecule has 0 radical (unpaired) electrons. The van der Waals surface area contributed by atoms with Crippen molar-refractivity contribution in [3.8, 4) is 11.5 Å².